The molecule has 2 nitrogen and oxygen atoms in total. The van der Waals surface area contributed by atoms with Crippen molar-refractivity contribution in [2.24, 2.45) is 0 Å². The Labute approximate surface area is 489 Å². The summed E-state index contributed by atoms with van der Waals surface area (Å²) in [7, 11) is 0. The highest BCUT2D eigenvalue weighted by molar-refractivity contribution is 6.11. The van der Waals surface area contributed by atoms with Crippen LogP contribution < -0.4 is 0 Å². The molecule has 398 valence electrons. The van der Waals surface area contributed by atoms with Crippen LogP contribution in [0.1, 0.15) is 95.9 Å². The first-order chi connectivity index (χ1) is 41.5. The van der Waals surface area contributed by atoms with Crippen molar-refractivity contribution in [3.8, 4) is 44.8 Å². The van der Waals surface area contributed by atoms with E-state index in [1.165, 1.54) is 206 Å². The molecule has 0 bridgehead atoms. The largest absolute Gasteiger partial charge is 0.309 e. The molecule has 2 heterocycles. The number of para-hydroxylation sites is 2. The minimum absolute atomic E-state index is 0.0418. The molecule has 0 radical (unpaired) electrons. The summed E-state index contributed by atoms with van der Waals surface area (Å²) >= 11 is 0. The predicted octanol–water partition coefficient (Wildman–Crippen LogP) is 21.9. The summed E-state index contributed by atoms with van der Waals surface area (Å²) in [5.41, 5.74) is 26.8. The highest BCUT2D eigenvalue weighted by atomic mass is 15.0. The maximum atomic E-state index is 2.60. The standard InChI is InChI=1S/C82H60N2/c1-3-15-59-49-63(33-29-57(59)13-1)83-77-19-7-5-17-69(77)71-45-53(27-39-79(71)83)21-23-55-25-35-65-67-37-31-61(51-75(67)81(73(65)47-55)41-9-10-42-81)62-32-38-68-66-36-26-56(48-74(66)82(76(68)52-62)43-11-12-44-82)24-22-54-28-40-80-72(46-54)70-18-6-8-20-78(70)84(80)64-34-30-58-14-2-4-16-60(58)50-64/h1-8,13-40,45-52H,9-12,41-44H2. The molecule has 0 N–H and O–H groups in total. The van der Waals surface area contributed by atoms with Crippen molar-refractivity contribution in [2.45, 2.75) is 62.2 Å². The van der Waals surface area contributed by atoms with Gasteiger partial charge < -0.3 is 9.13 Å². The molecule has 2 aromatic heterocycles. The molecule has 0 atom stereocenters. The maximum absolute atomic E-state index is 2.60. The molecule has 18 rings (SSSR count). The summed E-state index contributed by atoms with van der Waals surface area (Å²) in [5.74, 6) is 0. The average Bonchev–Trinajstić information content (AvgIpc) is 3.15. The van der Waals surface area contributed by atoms with Gasteiger partial charge in [0.05, 0.1) is 22.1 Å². The minimum atomic E-state index is 0.0418. The van der Waals surface area contributed by atoms with Crippen LogP contribution in [0.25, 0.3) is 134 Å². The summed E-state index contributed by atoms with van der Waals surface area (Å²) in [5, 5.41) is 10.1. The van der Waals surface area contributed by atoms with Crippen LogP contribution in [-0.2, 0) is 10.8 Å². The van der Waals surface area contributed by atoms with Gasteiger partial charge in [-0.3, -0.25) is 0 Å². The van der Waals surface area contributed by atoms with E-state index in [9.17, 15) is 0 Å². The Morgan fingerprint density at radius 2 is 0.607 bits per heavy atom. The highest BCUT2D eigenvalue weighted by Gasteiger charge is 2.47. The molecule has 4 aliphatic rings. The van der Waals surface area contributed by atoms with Gasteiger partial charge >= 0.3 is 0 Å². The normalized spacial score (nSPS) is 15.6. The van der Waals surface area contributed by atoms with E-state index >= 15 is 0 Å². The third-order valence-electron chi connectivity index (χ3n) is 20.3. The summed E-state index contributed by atoms with van der Waals surface area (Å²) in [4.78, 5) is 0. The maximum Gasteiger partial charge on any atom is 0.0541 e. The molecule has 14 aromatic rings. The van der Waals surface area contributed by atoms with Gasteiger partial charge in [-0.25, -0.2) is 0 Å². The van der Waals surface area contributed by atoms with Gasteiger partial charge in [0.15, 0.2) is 0 Å². The Morgan fingerprint density at radius 3 is 1.05 bits per heavy atom. The Bertz CT molecular complexity index is 4830. The monoisotopic (exact) mass is 1070 g/mol. The number of benzene rings is 12. The van der Waals surface area contributed by atoms with Gasteiger partial charge in [-0.15, -0.1) is 0 Å². The molecule has 12 aromatic carbocycles. The van der Waals surface area contributed by atoms with Gasteiger partial charge in [0, 0.05) is 43.7 Å². The zero-order valence-corrected chi connectivity index (χ0v) is 47.0. The van der Waals surface area contributed by atoms with E-state index in [1.54, 1.807) is 0 Å². The highest BCUT2D eigenvalue weighted by Crippen LogP contribution is 2.60. The van der Waals surface area contributed by atoms with Crippen molar-refractivity contribution in [3.05, 3.63) is 287 Å². The number of hydrogen-bond acceptors (Lipinski definition) is 0. The summed E-state index contributed by atoms with van der Waals surface area (Å²) in [6.07, 6.45) is 19.2. The van der Waals surface area contributed by atoms with E-state index in [-0.39, 0.29) is 10.8 Å². The first-order valence-corrected chi connectivity index (χ1v) is 30.5. The van der Waals surface area contributed by atoms with Gasteiger partial charge in [-0.05, 0) is 198 Å². The summed E-state index contributed by atoms with van der Waals surface area (Å²) < 4.78 is 4.85. The zero-order valence-electron chi connectivity index (χ0n) is 47.0. The fourth-order valence-electron chi connectivity index (χ4n) is 16.4. The Hall–Kier alpha value is -9.76. The smallest absolute Gasteiger partial charge is 0.0541 e. The molecule has 0 saturated heterocycles. The first-order valence-electron chi connectivity index (χ1n) is 30.5. The number of fused-ring (bicyclic) bond motifs is 18. The van der Waals surface area contributed by atoms with E-state index in [2.05, 4.69) is 276 Å². The minimum Gasteiger partial charge on any atom is -0.309 e. The van der Waals surface area contributed by atoms with Gasteiger partial charge in [-0.2, -0.15) is 0 Å². The lowest BCUT2D eigenvalue weighted by Crippen LogP contribution is -2.21. The second-order valence-electron chi connectivity index (χ2n) is 24.7. The molecule has 4 aliphatic carbocycles. The SMILES string of the molecule is C(=Cc1ccc2c(c1)c1ccccc1n2-c1ccc2ccccc2c1)c1ccc2c(c1)C1(CCCC1)c1cc(-c3ccc4c(c3)C3(CCCC3)c3cc(C=Cc5ccc6c(c5)c5ccccc5n6-c5ccc6ccccc6c5)ccc3-4)ccc1-2. The van der Waals surface area contributed by atoms with Crippen LogP contribution >= 0.6 is 0 Å². The number of rotatable bonds is 7. The van der Waals surface area contributed by atoms with E-state index < -0.39 is 0 Å². The lowest BCUT2D eigenvalue weighted by atomic mass is 9.75. The molecule has 84 heavy (non-hydrogen) atoms. The first kappa shape index (κ1) is 47.8. The molecule has 2 fully saturated rings. The van der Waals surface area contributed by atoms with Crippen molar-refractivity contribution in [3.63, 3.8) is 0 Å². The van der Waals surface area contributed by atoms with E-state index in [0.717, 1.165) is 0 Å². The fourth-order valence-corrected chi connectivity index (χ4v) is 16.4. The summed E-state index contributed by atoms with van der Waals surface area (Å²) in [6, 6.07) is 92.2. The quantitative estimate of drug-likeness (QED) is 0.141. The van der Waals surface area contributed by atoms with Crippen molar-refractivity contribution in [1.29, 1.82) is 0 Å². The zero-order chi connectivity index (χ0) is 55.1. The van der Waals surface area contributed by atoms with Crippen LogP contribution in [-0.4, -0.2) is 9.13 Å². The second kappa shape index (κ2) is 18.4. The van der Waals surface area contributed by atoms with E-state index in [0.29, 0.717) is 0 Å². The molecule has 2 heteroatoms. The van der Waals surface area contributed by atoms with Crippen molar-refractivity contribution in [2.75, 3.05) is 0 Å². The molecular formula is C82H60N2. The van der Waals surface area contributed by atoms with E-state index in [1.807, 2.05) is 0 Å². The predicted molar refractivity (Wildman–Crippen MR) is 356 cm³/mol. The Morgan fingerprint density at radius 1 is 0.262 bits per heavy atom. The van der Waals surface area contributed by atoms with Crippen LogP contribution in [0.3, 0.4) is 0 Å². The molecule has 2 saturated carbocycles. The van der Waals surface area contributed by atoms with Crippen molar-refractivity contribution < 1.29 is 0 Å². The second-order valence-corrected chi connectivity index (χ2v) is 24.7. The van der Waals surface area contributed by atoms with Crippen LogP contribution in [0.5, 0.6) is 0 Å². The van der Waals surface area contributed by atoms with Gasteiger partial charge in [0.2, 0.25) is 0 Å². The van der Waals surface area contributed by atoms with E-state index in [4.69, 9.17) is 0 Å². The summed E-state index contributed by atoms with van der Waals surface area (Å²) in [6.45, 7) is 0. The van der Waals surface area contributed by atoms with Gasteiger partial charge in [0.1, 0.15) is 0 Å². The van der Waals surface area contributed by atoms with Crippen LogP contribution in [0.2, 0.25) is 0 Å². The molecular weight excluding hydrogens is 1010 g/mol. The van der Waals surface area contributed by atoms with Crippen molar-refractivity contribution >= 4 is 89.5 Å². The molecule has 2 spiro atoms. The van der Waals surface area contributed by atoms with Crippen LogP contribution in [0.4, 0.5) is 0 Å². The number of hydrogen-bond donors (Lipinski definition) is 0. The molecule has 0 amide bonds. The van der Waals surface area contributed by atoms with Gasteiger partial charge in [0.25, 0.3) is 0 Å². The number of aromatic nitrogens is 2. The topological polar surface area (TPSA) is 9.86 Å². The number of nitrogens with zero attached hydrogens (tertiary/aromatic N) is 2. The molecule has 0 aliphatic heterocycles. The fraction of sp³-hybridized carbons (Fsp3) is 0.122. The Balaban J connectivity index is 0.640. The third-order valence-corrected chi connectivity index (χ3v) is 20.3. The Kier molecular flexibility index (Phi) is 10.5. The van der Waals surface area contributed by atoms with Crippen molar-refractivity contribution in [1.82, 2.24) is 9.13 Å². The lowest BCUT2D eigenvalue weighted by Gasteiger charge is -2.28. The third kappa shape index (κ3) is 7.16. The lowest BCUT2D eigenvalue weighted by molar-refractivity contribution is 0.549. The molecule has 0 unspecified atom stereocenters. The van der Waals surface area contributed by atoms with Crippen LogP contribution in [0.15, 0.2) is 243 Å². The average molecular weight is 1070 g/mol. The van der Waals surface area contributed by atoms with Gasteiger partial charge in [-0.1, -0.05) is 220 Å². The van der Waals surface area contributed by atoms with Crippen LogP contribution in [0, 0.1) is 0 Å².